The predicted octanol–water partition coefficient (Wildman–Crippen LogP) is 3.55. The molecule has 1 N–H and O–H groups in total. The van der Waals surface area contributed by atoms with Crippen molar-refractivity contribution in [1.29, 1.82) is 0 Å². The summed E-state index contributed by atoms with van der Waals surface area (Å²) in [7, 11) is 0. The molecule has 0 aromatic heterocycles. The van der Waals surface area contributed by atoms with E-state index in [1.807, 2.05) is 20.8 Å². The molecular weight excluding hydrogens is 317 g/mol. The fraction of sp³-hybridized carbons (Fsp3) is 0.562. The number of carbonyl (C=O) groups excluding carboxylic acids is 1. The lowest BCUT2D eigenvalue weighted by molar-refractivity contribution is -0.385. The molecule has 1 fully saturated rings. The number of carbonyl (C=O) groups is 1. The number of likely N-dealkylation sites (tertiary alicyclic amines) is 1. The number of halogens is 1. The topological polar surface area (TPSA) is 84.7 Å². The average molecular weight is 339 g/mol. The normalized spacial score (nSPS) is 15.9. The van der Waals surface area contributed by atoms with Gasteiger partial charge in [-0.15, -0.1) is 0 Å². The second-order valence-corrected chi connectivity index (χ2v) is 6.81. The molecule has 0 spiro atoms. The van der Waals surface area contributed by atoms with E-state index in [1.54, 1.807) is 4.90 Å². The number of nitro benzene ring substituents is 1. The molecule has 1 aromatic carbocycles. The quantitative estimate of drug-likeness (QED) is 0.672. The predicted molar refractivity (Wildman–Crippen MR) is 87.5 cm³/mol. The zero-order chi connectivity index (χ0) is 17.9. The molecule has 24 heavy (non-hydrogen) atoms. The van der Waals surface area contributed by atoms with Gasteiger partial charge in [-0.2, -0.15) is 0 Å². The van der Waals surface area contributed by atoms with Gasteiger partial charge in [0.25, 0.3) is 5.69 Å². The highest BCUT2D eigenvalue weighted by atomic mass is 19.1. The maximum absolute atomic E-state index is 13.9. The number of piperidine rings is 1. The molecule has 0 saturated carbocycles. The van der Waals surface area contributed by atoms with Gasteiger partial charge < -0.3 is 15.0 Å². The van der Waals surface area contributed by atoms with Crippen molar-refractivity contribution in [2.75, 3.05) is 18.4 Å². The monoisotopic (exact) mass is 339 g/mol. The molecule has 0 bridgehead atoms. The molecule has 1 heterocycles. The van der Waals surface area contributed by atoms with Gasteiger partial charge in [-0.05, 0) is 39.7 Å². The Morgan fingerprint density at radius 3 is 2.50 bits per heavy atom. The van der Waals surface area contributed by atoms with E-state index < -0.39 is 16.3 Å². The lowest BCUT2D eigenvalue weighted by Gasteiger charge is -2.34. The molecule has 1 aliphatic heterocycles. The minimum atomic E-state index is -0.654. The van der Waals surface area contributed by atoms with Crippen molar-refractivity contribution >= 4 is 17.5 Å². The van der Waals surface area contributed by atoms with E-state index >= 15 is 0 Å². The largest absolute Gasteiger partial charge is 0.444 e. The molecular formula is C16H22FN3O4. The highest BCUT2D eigenvalue weighted by Crippen LogP contribution is 2.24. The van der Waals surface area contributed by atoms with Crippen LogP contribution in [0.3, 0.4) is 0 Å². The number of ether oxygens (including phenoxy) is 1. The number of non-ortho nitro benzene ring substituents is 1. The molecule has 1 amide bonds. The molecule has 1 saturated heterocycles. The van der Waals surface area contributed by atoms with Gasteiger partial charge in [0.15, 0.2) is 5.82 Å². The van der Waals surface area contributed by atoms with Gasteiger partial charge in [-0.1, -0.05) is 0 Å². The lowest BCUT2D eigenvalue weighted by Crippen LogP contribution is -2.44. The van der Waals surface area contributed by atoms with Crippen LogP contribution in [0.25, 0.3) is 0 Å². The Morgan fingerprint density at radius 2 is 2.00 bits per heavy atom. The van der Waals surface area contributed by atoms with Crippen LogP contribution in [0.15, 0.2) is 18.2 Å². The van der Waals surface area contributed by atoms with Gasteiger partial charge in [-0.3, -0.25) is 10.1 Å². The Morgan fingerprint density at radius 1 is 1.38 bits per heavy atom. The van der Waals surface area contributed by atoms with Crippen molar-refractivity contribution in [3.63, 3.8) is 0 Å². The summed E-state index contributed by atoms with van der Waals surface area (Å²) < 4.78 is 19.2. The Balaban J connectivity index is 1.89. The van der Waals surface area contributed by atoms with Gasteiger partial charge in [0, 0.05) is 25.2 Å². The summed E-state index contributed by atoms with van der Waals surface area (Å²) >= 11 is 0. The Bertz CT molecular complexity index is 622. The minimum absolute atomic E-state index is 0.000331. The molecule has 0 aliphatic carbocycles. The zero-order valence-corrected chi connectivity index (χ0v) is 14.0. The van der Waals surface area contributed by atoms with Gasteiger partial charge in [0.2, 0.25) is 0 Å². The van der Waals surface area contributed by atoms with Gasteiger partial charge in [-0.25, -0.2) is 9.18 Å². The molecule has 0 unspecified atom stereocenters. The lowest BCUT2D eigenvalue weighted by atomic mass is 10.0. The third-order valence-corrected chi connectivity index (χ3v) is 3.67. The maximum Gasteiger partial charge on any atom is 0.410 e. The average Bonchev–Trinajstić information content (AvgIpc) is 2.48. The van der Waals surface area contributed by atoms with Crippen LogP contribution in [-0.2, 0) is 4.74 Å². The first-order valence-corrected chi connectivity index (χ1v) is 7.84. The van der Waals surface area contributed by atoms with Crippen molar-refractivity contribution in [3.05, 3.63) is 34.1 Å². The van der Waals surface area contributed by atoms with E-state index in [1.165, 1.54) is 12.1 Å². The Labute approximate surface area is 139 Å². The van der Waals surface area contributed by atoms with Crippen molar-refractivity contribution in [3.8, 4) is 0 Å². The van der Waals surface area contributed by atoms with Gasteiger partial charge in [0.05, 0.1) is 16.7 Å². The molecule has 0 radical (unpaired) electrons. The first-order chi connectivity index (χ1) is 11.2. The third-order valence-electron chi connectivity index (χ3n) is 3.67. The highest BCUT2D eigenvalue weighted by Gasteiger charge is 2.27. The summed E-state index contributed by atoms with van der Waals surface area (Å²) in [6.45, 7) is 6.48. The van der Waals surface area contributed by atoms with E-state index in [-0.39, 0.29) is 23.5 Å². The fourth-order valence-corrected chi connectivity index (χ4v) is 2.49. The first kappa shape index (κ1) is 18.0. The van der Waals surface area contributed by atoms with E-state index in [4.69, 9.17) is 4.74 Å². The number of rotatable bonds is 3. The second kappa shape index (κ2) is 7.02. The Kier molecular flexibility index (Phi) is 5.26. The van der Waals surface area contributed by atoms with Crippen LogP contribution in [0.2, 0.25) is 0 Å². The summed E-state index contributed by atoms with van der Waals surface area (Å²) in [5.74, 6) is -0.654. The van der Waals surface area contributed by atoms with Crippen molar-refractivity contribution in [2.24, 2.45) is 0 Å². The van der Waals surface area contributed by atoms with E-state index in [0.29, 0.717) is 25.9 Å². The number of benzene rings is 1. The Hall–Kier alpha value is -2.38. The number of nitro groups is 1. The zero-order valence-electron chi connectivity index (χ0n) is 14.0. The number of anilines is 1. The number of amides is 1. The number of nitrogens with zero attached hydrogens (tertiary/aromatic N) is 2. The molecule has 132 valence electrons. The van der Waals surface area contributed by atoms with E-state index in [0.717, 1.165) is 6.07 Å². The van der Waals surface area contributed by atoms with Crippen molar-refractivity contribution < 1.29 is 18.8 Å². The number of nitrogens with one attached hydrogen (secondary N) is 1. The smallest absolute Gasteiger partial charge is 0.410 e. The van der Waals surface area contributed by atoms with Crippen LogP contribution < -0.4 is 5.32 Å². The summed E-state index contributed by atoms with van der Waals surface area (Å²) in [4.78, 5) is 23.6. The minimum Gasteiger partial charge on any atom is -0.444 e. The molecule has 8 heteroatoms. The van der Waals surface area contributed by atoms with Crippen molar-refractivity contribution in [1.82, 2.24) is 4.90 Å². The first-order valence-electron chi connectivity index (χ1n) is 7.84. The molecule has 2 rings (SSSR count). The molecule has 7 nitrogen and oxygen atoms in total. The summed E-state index contributed by atoms with van der Waals surface area (Å²) in [6, 6.07) is 3.53. The van der Waals surface area contributed by atoms with Crippen LogP contribution >= 0.6 is 0 Å². The van der Waals surface area contributed by atoms with E-state index in [9.17, 15) is 19.3 Å². The van der Waals surface area contributed by atoms with Crippen LogP contribution in [-0.4, -0.2) is 40.6 Å². The van der Waals surface area contributed by atoms with Crippen LogP contribution in [0.5, 0.6) is 0 Å². The fourth-order valence-electron chi connectivity index (χ4n) is 2.49. The van der Waals surface area contributed by atoms with Crippen LogP contribution in [0, 0.1) is 15.9 Å². The van der Waals surface area contributed by atoms with Gasteiger partial charge >= 0.3 is 6.09 Å². The van der Waals surface area contributed by atoms with Gasteiger partial charge in [0.1, 0.15) is 5.60 Å². The van der Waals surface area contributed by atoms with E-state index in [2.05, 4.69) is 5.32 Å². The number of hydrogen-bond acceptors (Lipinski definition) is 5. The number of hydrogen-bond donors (Lipinski definition) is 1. The standard InChI is InChI=1S/C16H22FN3O4/c1-16(2,3)24-15(21)19-8-6-11(7-9-19)18-14-5-4-12(20(22)23)10-13(14)17/h4-5,10-11,18H,6-9H2,1-3H3. The molecule has 1 aliphatic rings. The summed E-state index contributed by atoms with van der Waals surface area (Å²) in [5, 5.41) is 13.7. The third kappa shape index (κ3) is 4.81. The molecule has 1 aromatic rings. The molecule has 0 atom stereocenters. The van der Waals surface area contributed by atoms with Crippen LogP contribution in [0.1, 0.15) is 33.6 Å². The summed E-state index contributed by atoms with van der Waals surface area (Å²) in [6.07, 6.45) is 0.952. The second-order valence-electron chi connectivity index (χ2n) is 6.81. The highest BCUT2D eigenvalue weighted by molar-refractivity contribution is 5.68. The van der Waals surface area contributed by atoms with Crippen LogP contribution in [0.4, 0.5) is 20.6 Å². The maximum atomic E-state index is 13.9. The SMILES string of the molecule is CC(C)(C)OC(=O)N1CCC(Nc2ccc([N+](=O)[O-])cc2F)CC1. The summed E-state index contributed by atoms with van der Waals surface area (Å²) in [5.41, 5.74) is -0.581. The van der Waals surface area contributed by atoms with Crippen molar-refractivity contribution in [2.45, 2.75) is 45.3 Å².